The number of hydrogen-bond donors (Lipinski definition) is 1. The highest BCUT2D eigenvalue weighted by atomic mass is 16.5. The van der Waals surface area contributed by atoms with Gasteiger partial charge >= 0.3 is 0 Å². The highest BCUT2D eigenvalue weighted by Gasteiger charge is 2.47. The van der Waals surface area contributed by atoms with Crippen LogP contribution < -0.4 is 4.74 Å². The van der Waals surface area contributed by atoms with E-state index < -0.39 is 0 Å². The van der Waals surface area contributed by atoms with E-state index in [0.717, 1.165) is 24.2 Å². The number of phenols is 1. The lowest BCUT2D eigenvalue weighted by molar-refractivity contribution is 0.0864. The first kappa shape index (κ1) is 48.1. The highest BCUT2D eigenvalue weighted by Crippen LogP contribution is 2.55. The van der Waals surface area contributed by atoms with Gasteiger partial charge in [-0.3, -0.25) is 0 Å². The SMILES string of the molecule is C.C.C.C.C.C.C.C.C.C=C(C)C1CCC(C)C2Oc3cc(CCCCC)cc(O)c3C12. The predicted molar refractivity (Wildman–Crippen MR) is 156 cm³/mol. The number of hydrogen-bond acceptors (Lipinski definition) is 2. The van der Waals surface area contributed by atoms with Crippen LogP contribution in [0.3, 0.4) is 0 Å². The Bertz CT molecular complexity index is 591. The van der Waals surface area contributed by atoms with E-state index in [2.05, 4.69) is 33.4 Å². The number of fused-ring (bicyclic) bond motifs is 3. The van der Waals surface area contributed by atoms with Crippen LogP contribution in [0.1, 0.15) is 137 Å². The minimum absolute atomic E-state index is 0. The zero-order chi connectivity index (χ0) is 16.6. The molecule has 0 bridgehead atoms. The summed E-state index contributed by atoms with van der Waals surface area (Å²) in [5.41, 5.74) is 3.46. The van der Waals surface area contributed by atoms with Crippen LogP contribution in [0.5, 0.6) is 11.5 Å². The number of ether oxygens (including phenoxy) is 1. The summed E-state index contributed by atoms with van der Waals surface area (Å²) in [7, 11) is 0. The van der Waals surface area contributed by atoms with Crippen LogP contribution >= 0.6 is 0 Å². The van der Waals surface area contributed by atoms with Crippen LogP contribution in [0.15, 0.2) is 24.3 Å². The summed E-state index contributed by atoms with van der Waals surface area (Å²) in [6, 6.07) is 4.14. The van der Waals surface area contributed by atoms with E-state index in [1.54, 1.807) is 0 Å². The Hall–Kier alpha value is -1.44. The maximum Gasteiger partial charge on any atom is 0.127 e. The lowest BCUT2D eigenvalue weighted by atomic mass is 9.68. The first-order valence-corrected chi connectivity index (χ1v) is 9.20. The standard InChI is InChI=1S/C21H30O2.9CH4/c1-5-6-7-8-15-11-17(22)20-18(12-15)23-21-14(4)9-10-16(13(2)3)19(20)21;;;;;;;;;/h11-12,14,16,19,21-22H,2,5-10H2,1,3-4H3;9*1H4. The van der Waals surface area contributed by atoms with Crippen molar-refractivity contribution in [1.82, 2.24) is 0 Å². The summed E-state index contributed by atoms with van der Waals surface area (Å²) in [5.74, 6) is 2.59. The fourth-order valence-electron chi connectivity index (χ4n) is 4.45. The van der Waals surface area contributed by atoms with Gasteiger partial charge in [-0.05, 0) is 62.1 Å². The largest absolute Gasteiger partial charge is 0.508 e. The molecule has 1 fully saturated rings. The number of rotatable bonds is 5. The van der Waals surface area contributed by atoms with Gasteiger partial charge in [0.15, 0.2) is 0 Å². The third-order valence-electron chi connectivity index (χ3n) is 5.76. The molecule has 1 aromatic rings. The summed E-state index contributed by atoms with van der Waals surface area (Å²) in [4.78, 5) is 0. The average Bonchev–Trinajstić information content (AvgIpc) is 2.88. The van der Waals surface area contributed by atoms with Gasteiger partial charge in [0.25, 0.3) is 0 Å². The Kier molecular flexibility index (Phi) is 30.3. The van der Waals surface area contributed by atoms with E-state index in [-0.39, 0.29) is 78.9 Å². The third-order valence-corrected chi connectivity index (χ3v) is 5.76. The second kappa shape index (κ2) is 20.2. The molecule has 4 atom stereocenters. The van der Waals surface area contributed by atoms with E-state index in [0.29, 0.717) is 17.6 Å². The summed E-state index contributed by atoms with van der Waals surface area (Å²) in [6.07, 6.45) is 7.17. The highest BCUT2D eigenvalue weighted by molar-refractivity contribution is 5.54. The summed E-state index contributed by atoms with van der Waals surface area (Å²) < 4.78 is 6.33. The molecule has 2 nitrogen and oxygen atoms in total. The maximum atomic E-state index is 10.7. The molecule has 1 aliphatic carbocycles. The quantitative estimate of drug-likeness (QED) is 0.351. The van der Waals surface area contributed by atoms with E-state index in [9.17, 15) is 5.11 Å². The van der Waals surface area contributed by atoms with Crippen LogP contribution in [0, 0.1) is 11.8 Å². The van der Waals surface area contributed by atoms with Gasteiger partial charge in [0.1, 0.15) is 17.6 Å². The molecule has 4 unspecified atom stereocenters. The van der Waals surface area contributed by atoms with Crippen molar-refractivity contribution in [3.8, 4) is 11.5 Å². The topological polar surface area (TPSA) is 29.5 Å². The molecule has 32 heavy (non-hydrogen) atoms. The number of aromatic hydroxyl groups is 1. The second-order valence-corrected chi connectivity index (χ2v) is 7.60. The molecule has 3 rings (SSSR count). The summed E-state index contributed by atoms with van der Waals surface area (Å²) in [6.45, 7) is 10.8. The molecule has 198 valence electrons. The van der Waals surface area contributed by atoms with Crippen molar-refractivity contribution in [2.75, 3.05) is 0 Å². The predicted octanol–water partition coefficient (Wildman–Crippen LogP) is 11.3. The Morgan fingerprint density at radius 3 is 2.03 bits per heavy atom. The number of phenolic OH excluding ortho intramolecular Hbond substituents is 1. The Balaban J connectivity index is -0.000000139. The van der Waals surface area contributed by atoms with Gasteiger partial charge < -0.3 is 9.84 Å². The fourth-order valence-corrected chi connectivity index (χ4v) is 4.45. The lowest BCUT2D eigenvalue weighted by Crippen LogP contribution is -2.36. The van der Waals surface area contributed by atoms with E-state index in [4.69, 9.17) is 4.74 Å². The molecule has 0 saturated heterocycles. The maximum absolute atomic E-state index is 10.7. The number of allylic oxidation sites excluding steroid dienone is 1. The van der Waals surface area contributed by atoms with Crippen LogP contribution in [-0.4, -0.2) is 11.2 Å². The molecule has 0 radical (unpaired) electrons. The zero-order valence-corrected chi connectivity index (χ0v) is 14.8. The molecular weight excluding hydrogens is 392 g/mol. The molecule has 1 N–H and O–H groups in total. The van der Waals surface area contributed by atoms with Crippen molar-refractivity contribution in [3.63, 3.8) is 0 Å². The molecule has 1 aliphatic heterocycles. The zero-order valence-electron chi connectivity index (χ0n) is 14.8. The van der Waals surface area contributed by atoms with Crippen LogP contribution in [0.4, 0.5) is 0 Å². The number of unbranched alkanes of at least 4 members (excludes halogenated alkanes) is 2. The van der Waals surface area contributed by atoms with Crippen LogP contribution in [0.2, 0.25) is 0 Å². The smallest absolute Gasteiger partial charge is 0.127 e. The van der Waals surface area contributed by atoms with Gasteiger partial charge in [0.05, 0.1) is 0 Å². The first-order valence-electron chi connectivity index (χ1n) is 9.20. The minimum atomic E-state index is 0. The summed E-state index contributed by atoms with van der Waals surface area (Å²) in [5, 5.41) is 10.7. The monoisotopic (exact) mass is 459 g/mol. The number of aryl methyl sites for hydroxylation is 1. The Morgan fingerprint density at radius 1 is 0.969 bits per heavy atom. The molecule has 1 aromatic carbocycles. The average molecular weight is 459 g/mol. The van der Waals surface area contributed by atoms with E-state index in [1.807, 2.05) is 6.07 Å². The minimum Gasteiger partial charge on any atom is -0.508 e. The molecule has 0 spiro atoms. The molecule has 2 heteroatoms. The van der Waals surface area contributed by atoms with Crippen molar-refractivity contribution in [2.24, 2.45) is 11.8 Å². The third kappa shape index (κ3) is 9.20. The fraction of sp³-hybridized carbons (Fsp3) is 0.733. The second-order valence-electron chi connectivity index (χ2n) is 7.60. The van der Waals surface area contributed by atoms with Crippen molar-refractivity contribution in [1.29, 1.82) is 0 Å². The van der Waals surface area contributed by atoms with Gasteiger partial charge in [-0.15, -0.1) is 0 Å². The number of benzene rings is 1. The lowest BCUT2D eigenvalue weighted by Gasteiger charge is -2.37. The molecule has 1 heterocycles. The van der Waals surface area contributed by atoms with Gasteiger partial charge in [0, 0.05) is 11.5 Å². The molecule has 2 aliphatic rings. The first-order chi connectivity index (χ1) is 11.0. The molecule has 0 aromatic heterocycles. The van der Waals surface area contributed by atoms with Gasteiger partial charge in [-0.1, -0.05) is 106 Å². The molecular formula is C30H66O2. The van der Waals surface area contributed by atoms with E-state index in [1.165, 1.54) is 36.8 Å². The van der Waals surface area contributed by atoms with Crippen molar-refractivity contribution in [3.05, 3.63) is 35.4 Å². The van der Waals surface area contributed by atoms with Gasteiger partial charge in [-0.2, -0.15) is 0 Å². The van der Waals surface area contributed by atoms with Crippen LogP contribution in [-0.2, 0) is 6.42 Å². The van der Waals surface area contributed by atoms with Gasteiger partial charge in [0.2, 0.25) is 0 Å². The summed E-state index contributed by atoms with van der Waals surface area (Å²) >= 11 is 0. The van der Waals surface area contributed by atoms with Crippen LogP contribution in [0.25, 0.3) is 0 Å². The van der Waals surface area contributed by atoms with Crippen molar-refractivity contribution in [2.45, 2.75) is 138 Å². The Labute approximate surface area is 206 Å². The van der Waals surface area contributed by atoms with Crippen molar-refractivity contribution >= 4 is 0 Å². The Morgan fingerprint density at radius 2 is 1.53 bits per heavy atom. The van der Waals surface area contributed by atoms with Crippen molar-refractivity contribution < 1.29 is 9.84 Å². The molecule has 0 amide bonds. The molecule has 1 saturated carbocycles. The van der Waals surface area contributed by atoms with Gasteiger partial charge in [-0.25, -0.2) is 0 Å². The normalized spacial score (nSPS) is 20.7. The van der Waals surface area contributed by atoms with E-state index >= 15 is 0 Å².